The van der Waals surface area contributed by atoms with Crippen LogP contribution in [0.1, 0.15) is 26.3 Å². The summed E-state index contributed by atoms with van der Waals surface area (Å²) in [5, 5.41) is 14.1. The number of amides is 2. The Morgan fingerprint density at radius 2 is 1.85 bits per heavy atom. The number of alkyl carbamates (subject to hydrolysis) is 1. The van der Waals surface area contributed by atoms with Crippen LogP contribution < -0.4 is 14.9 Å². The van der Waals surface area contributed by atoms with E-state index in [2.05, 4.69) is 10.0 Å². The van der Waals surface area contributed by atoms with Crippen molar-refractivity contribution < 1.29 is 27.7 Å². The van der Waals surface area contributed by atoms with E-state index >= 15 is 0 Å². The molecule has 11 nitrogen and oxygen atoms in total. The van der Waals surface area contributed by atoms with Gasteiger partial charge in [-0.2, -0.15) is 0 Å². The van der Waals surface area contributed by atoms with Gasteiger partial charge in [0.15, 0.2) is 4.90 Å². The first-order chi connectivity index (χ1) is 15.9. The molecule has 0 saturated carbocycles. The van der Waals surface area contributed by atoms with E-state index in [-0.39, 0.29) is 30.3 Å². The Morgan fingerprint density at radius 1 is 1.21 bits per heavy atom. The van der Waals surface area contributed by atoms with Crippen molar-refractivity contribution in [1.29, 1.82) is 0 Å². The monoisotopic (exact) mass is 512 g/mol. The molecule has 0 fully saturated rings. The molecule has 2 aromatic carbocycles. The summed E-state index contributed by atoms with van der Waals surface area (Å²) in [7, 11) is -4.31. The molecule has 2 amide bonds. The molecule has 0 aromatic heterocycles. The fourth-order valence-corrected chi connectivity index (χ4v) is 4.15. The van der Waals surface area contributed by atoms with Crippen LogP contribution in [0.4, 0.5) is 21.9 Å². The van der Waals surface area contributed by atoms with Gasteiger partial charge in [-0.25, -0.2) is 13.2 Å². The second kappa shape index (κ2) is 11.2. The van der Waals surface area contributed by atoms with Gasteiger partial charge in [-0.1, -0.05) is 12.1 Å². The first-order valence-corrected chi connectivity index (χ1v) is 12.0. The lowest BCUT2D eigenvalue weighted by Crippen LogP contribution is -2.37. The molecule has 0 aliphatic carbocycles. The summed E-state index contributed by atoms with van der Waals surface area (Å²) in [6.07, 6.45) is -0.267. The number of ether oxygens (including phenoxy) is 1. The summed E-state index contributed by atoms with van der Waals surface area (Å²) in [6.45, 7) is 5.06. The van der Waals surface area contributed by atoms with Crippen LogP contribution in [0.3, 0.4) is 0 Å². The van der Waals surface area contributed by atoms with Crippen molar-refractivity contribution in [3.63, 3.8) is 0 Å². The minimum atomic E-state index is -4.31. The highest BCUT2D eigenvalue weighted by molar-refractivity contribution is 7.92. The zero-order valence-corrected chi connectivity index (χ0v) is 20.4. The van der Waals surface area contributed by atoms with Gasteiger partial charge in [-0.15, -0.1) is 11.6 Å². The van der Waals surface area contributed by atoms with Crippen LogP contribution in [0.5, 0.6) is 0 Å². The Labute approximate surface area is 202 Å². The summed E-state index contributed by atoms with van der Waals surface area (Å²) in [5.74, 6) is 0.250. The molecule has 0 atom stereocenters. The molecular formula is C21H25ClN4O7S. The average molecular weight is 513 g/mol. The number of rotatable bonds is 10. The number of nitrogens with zero attached hydrogens (tertiary/aromatic N) is 2. The lowest BCUT2D eigenvalue weighted by Gasteiger charge is -2.21. The molecule has 34 heavy (non-hydrogen) atoms. The number of nitro benzene ring substituents is 1. The molecule has 13 heteroatoms. The zero-order valence-electron chi connectivity index (χ0n) is 18.8. The summed E-state index contributed by atoms with van der Waals surface area (Å²) in [4.78, 5) is 34.6. The molecule has 0 aliphatic rings. The fraction of sp³-hybridized carbons (Fsp3) is 0.333. The normalized spacial score (nSPS) is 11.4. The SMILES string of the molecule is CC(C)(C)OC(=O)NCCN(C=O)c1ccc(S(=O)(=O)Nc2ccc(CCl)cc2)c([N+](=O)[O-])c1. The number of benzene rings is 2. The molecule has 2 N–H and O–H groups in total. The number of alkyl halides is 1. The number of nitro groups is 1. The molecule has 0 spiro atoms. The van der Waals surface area contributed by atoms with Gasteiger partial charge < -0.3 is 15.0 Å². The number of carbonyl (C=O) groups excluding carboxylic acids is 2. The largest absolute Gasteiger partial charge is 0.444 e. The molecule has 0 saturated heterocycles. The second-order valence-electron chi connectivity index (χ2n) is 8.07. The van der Waals surface area contributed by atoms with Crippen LogP contribution in [-0.4, -0.2) is 44.5 Å². The number of hydrogen-bond acceptors (Lipinski definition) is 7. The first-order valence-electron chi connectivity index (χ1n) is 10.0. The van der Waals surface area contributed by atoms with Crippen molar-refractivity contribution in [2.45, 2.75) is 37.1 Å². The third-order valence-electron chi connectivity index (χ3n) is 4.27. The number of nitrogens with one attached hydrogen (secondary N) is 2. The van der Waals surface area contributed by atoms with Crippen LogP contribution in [-0.2, 0) is 25.4 Å². The van der Waals surface area contributed by atoms with E-state index in [1.165, 1.54) is 18.2 Å². The van der Waals surface area contributed by atoms with Crippen LogP contribution in [0.2, 0.25) is 0 Å². The smallest absolute Gasteiger partial charge is 0.407 e. The number of carbonyl (C=O) groups is 2. The third-order valence-corrected chi connectivity index (χ3v) is 6.01. The van der Waals surface area contributed by atoms with Crippen LogP contribution >= 0.6 is 11.6 Å². The number of sulfonamides is 1. The summed E-state index contributed by atoms with van der Waals surface area (Å²) in [5.41, 5.74) is -0.353. The average Bonchev–Trinajstić information content (AvgIpc) is 2.75. The van der Waals surface area contributed by atoms with Gasteiger partial charge in [0, 0.05) is 30.7 Å². The molecule has 0 heterocycles. The molecule has 184 valence electrons. The minimum Gasteiger partial charge on any atom is -0.444 e. The molecule has 0 unspecified atom stereocenters. The maximum Gasteiger partial charge on any atom is 0.407 e. The summed E-state index contributed by atoms with van der Waals surface area (Å²) < 4.78 is 33.0. The van der Waals surface area contributed by atoms with Gasteiger partial charge in [-0.3, -0.25) is 19.6 Å². The minimum absolute atomic E-state index is 0.00134. The van der Waals surface area contributed by atoms with Crippen molar-refractivity contribution in [1.82, 2.24) is 5.32 Å². The standard InChI is InChI=1S/C21H25ClN4O7S/c1-21(2,3)33-20(28)23-10-11-25(14-27)17-8-9-19(18(12-17)26(29)30)34(31,32)24-16-6-4-15(13-22)5-7-16/h4-9,12,14,24H,10-11,13H2,1-3H3,(H,23,28). The highest BCUT2D eigenvalue weighted by atomic mass is 35.5. The Morgan fingerprint density at radius 3 is 2.38 bits per heavy atom. The van der Waals surface area contributed by atoms with Crippen LogP contribution in [0.25, 0.3) is 0 Å². The second-order valence-corrected chi connectivity index (χ2v) is 9.99. The Balaban J connectivity index is 2.21. The van der Waals surface area contributed by atoms with Crippen molar-refractivity contribution >= 4 is 51.2 Å². The zero-order chi connectivity index (χ0) is 25.5. The van der Waals surface area contributed by atoms with Gasteiger partial charge in [-0.05, 0) is 50.6 Å². The third kappa shape index (κ3) is 7.59. The van der Waals surface area contributed by atoms with Gasteiger partial charge in [0.2, 0.25) is 6.41 Å². The Kier molecular flexibility index (Phi) is 8.82. The highest BCUT2D eigenvalue weighted by Crippen LogP contribution is 2.30. The molecule has 0 aliphatic heterocycles. The quantitative estimate of drug-likeness (QED) is 0.214. The predicted octanol–water partition coefficient (Wildman–Crippen LogP) is 3.62. The van der Waals surface area contributed by atoms with E-state index in [0.717, 1.165) is 22.6 Å². The maximum absolute atomic E-state index is 12.8. The molecule has 0 bridgehead atoms. The highest BCUT2D eigenvalue weighted by Gasteiger charge is 2.27. The molecular weight excluding hydrogens is 488 g/mol. The van der Waals surface area contributed by atoms with Crippen molar-refractivity contribution in [2.75, 3.05) is 22.7 Å². The van der Waals surface area contributed by atoms with Gasteiger partial charge in [0.25, 0.3) is 15.7 Å². The fourth-order valence-electron chi connectivity index (χ4n) is 2.76. The van der Waals surface area contributed by atoms with Crippen molar-refractivity contribution in [3.8, 4) is 0 Å². The predicted molar refractivity (Wildman–Crippen MR) is 128 cm³/mol. The van der Waals surface area contributed by atoms with E-state index in [9.17, 15) is 28.1 Å². The summed E-state index contributed by atoms with van der Waals surface area (Å²) >= 11 is 5.72. The molecule has 2 aromatic rings. The summed E-state index contributed by atoms with van der Waals surface area (Å²) in [6, 6.07) is 9.50. The maximum atomic E-state index is 12.8. The topological polar surface area (TPSA) is 148 Å². The lowest BCUT2D eigenvalue weighted by atomic mass is 10.2. The van der Waals surface area contributed by atoms with E-state index in [1.54, 1.807) is 32.9 Å². The van der Waals surface area contributed by atoms with E-state index in [0.29, 0.717) is 6.41 Å². The number of hydrogen-bond donors (Lipinski definition) is 2. The number of anilines is 2. The van der Waals surface area contributed by atoms with Crippen molar-refractivity contribution in [3.05, 3.63) is 58.1 Å². The van der Waals surface area contributed by atoms with Gasteiger partial charge in [0.1, 0.15) is 5.60 Å². The van der Waals surface area contributed by atoms with Gasteiger partial charge in [0.05, 0.1) is 10.6 Å². The lowest BCUT2D eigenvalue weighted by molar-refractivity contribution is -0.387. The van der Waals surface area contributed by atoms with E-state index in [4.69, 9.17) is 16.3 Å². The van der Waals surface area contributed by atoms with Crippen molar-refractivity contribution in [2.24, 2.45) is 0 Å². The molecule has 2 rings (SSSR count). The van der Waals surface area contributed by atoms with Crippen LogP contribution in [0, 0.1) is 10.1 Å². The Hall–Kier alpha value is -3.38. The molecule has 0 radical (unpaired) electrons. The van der Waals surface area contributed by atoms with Crippen LogP contribution in [0.15, 0.2) is 47.4 Å². The van der Waals surface area contributed by atoms with E-state index in [1.807, 2.05) is 0 Å². The Bertz CT molecular complexity index is 1150. The van der Waals surface area contributed by atoms with Gasteiger partial charge >= 0.3 is 6.09 Å². The van der Waals surface area contributed by atoms with E-state index < -0.39 is 37.2 Å². The number of halogens is 1. The first kappa shape index (κ1) is 26.9.